The van der Waals surface area contributed by atoms with Crippen molar-refractivity contribution in [3.05, 3.63) is 64.7 Å². The van der Waals surface area contributed by atoms with Crippen LogP contribution in [0.2, 0.25) is 5.02 Å². The van der Waals surface area contributed by atoms with Crippen LogP contribution in [-0.2, 0) is 12.8 Å². The van der Waals surface area contributed by atoms with Gasteiger partial charge >= 0.3 is 0 Å². The van der Waals surface area contributed by atoms with Crippen molar-refractivity contribution in [1.29, 1.82) is 0 Å². The fraction of sp³-hybridized carbons (Fsp3) is 0.200. The molecule has 0 saturated heterocycles. The highest BCUT2D eigenvalue weighted by molar-refractivity contribution is 6.30. The van der Waals surface area contributed by atoms with Crippen LogP contribution in [0.25, 0.3) is 0 Å². The Balaban J connectivity index is 1.88. The summed E-state index contributed by atoms with van der Waals surface area (Å²) in [4.78, 5) is 0. The average Bonchev–Trinajstić information content (AvgIpc) is 2.34. The second-order valence-electron chi connectivity index (χ2n) is 4.18. The summed E-state index contributed by atoms with van der Waals surface area (Å²) in [5.41, 5.74) is 9.36. The zero-order valence-corrected chi connectivity index (χ0v) is 10.5. The summed E-state index contributed by atoms with van der Waals surface area (Å²) >= 11 is 5.85. The minimum Gasteiger partial charge on any atom is -0.399 e. The lowest BCUT2D eigenvalue weighted by Gasteiger charge is -2.05. The lowest BCUT2D eigenvalue weighted by molar-refractivity contribution is 0.822. The molecule has 2 heteroatoms. The van der Waals surface area contributed by atoms with Crippen molar-refractivity contribution in [1.82, 2.24) is 0 Å². The number of nitrogens with two attached hydrogens (primary N) is 1. The summed E-state index contributed by atoms with van der Waals surface area (Å²) in [6, 6.07) is 16.1. The standard InChI is InChI=1S/C15H16ClN/c16-14-10-8-12(9-11-14)4-3-6-13-5-1-2-7-15(13)17/h1-2,5,7-11H,3-4,6,17H2. The van der Waals surface area contributed by atoms with E-state index in [1.54, 1.807) is 0 Å². The zero-order valence-electron chi connectivity index (χ0n) is 9.70. The van der Waals surface area contributed by atoms with E-state index in [2.05, 4.69) is 18.2 Å². The molecule has 2 aromatic rings. The Morgan fingerprint density at radius 2 is 1.59 bits per heavy atom. The second-order valence-corrected chi connectivity index (χ2v) is 4.62. The van der Waals surface area contributed by atoms with Crippen LogP contribution in [-0.4, -0.2) is 0 Å². The Morgan fingerprint density at radius 1 is 0.882 bits per heavy atom. The van der Waals surface area contributed by atoms with Crippen LogP contribution in [0.15, 0.2) is 48.5 Å². The smallest absolute Gasteiger partial charge is 0.0406 e. The van der Waals surface area contributed by atoms with Gasteiger partial charge in [-0.15, -0.1) is 0 Å². The predicted octanol–water partition coefficient (Wildman–Crippen LogP) is 4.10. The summed E-state index contributed by atoms with van der Waals surface area (Å²) in [6.07, 6.45) is 3.19. The highest BCUT2D eigenvalue weighted by atomic mass is 35.5. The molecule has 0 fully saturated rings. The molecule has 2 aromatic carbocycles. The Hall–Kier alpha value is -1.47. The Bertz CT molecular complexity index is 477. The maximum Gasteiger partial charge on any atom is 0.0406 e. The quantitative estimate of drug-likeness (QED) is 0.807. The molecule has 0 aliphatic rings. The summed E-state index contributed by atoms with van der Waals surface area (Å²) in [6.45, 7) is 0. The Morgan fingerprint density at radius 3 is 2.29 bits per heavy atom. The molecule has 0 atom stereocenters. The number of hydrogen-bond acceptors (Lipinski definition) is 1. The fourth-order valence-electron chi connectivity index (χ4n) is 1.90. The molecule has 2 rings (SSSR count). The van der Waals surface area contributed by atoms with Crippen molar-refractivity contribution in [3.63, 3.8) is 0 Å². The first-order chi connectivity index (χ1) is 8.25. The number of aryl methyl sites for hydroxylation is 2. The lowest BCUT2D eigenvalue weighted by Crippen LogP contribution is -1.95. The topological polar surface area (TPSA) is 26.0 Å². The largest absolute Gasteiger partial charge is 0.399 e. The minimum atomic E-state index is 0.793. The third-order valence-corrected chi connectivity index (χ3v) is 3.13. The molecule has 0 bridgehead atoms. The third-order valence-electron chi connectivity index (χ3n) is 2.88. The van der Waals surface area contributed by atoms with Crippen LogP contribution in [0, 0.1) is 0 Å². The van der Waals surface area contributed by atoms with Gasteiger partial charge in [0.15, 0.2) is 0 Å². The van der Waals surface area contributed by atoms with E-state index >= 15 is 0 Å². The van der Waals surface area contributed by atoms with E-state index in [1.165, 1.54) is 11.1 Å². The number of para-hydroxylation sites is 1. The molecule has 0 aliphatic carbocycles. The van der Waals surface area contributed by atoms with Crippen molar-refractivity contribution >= 4 is 17.3 Å². The molecule has 0 unspecified atom stereocenters. The maximum absolute atomic E-state index is 5.90. The molecule has 0 aliphatic heterocycles. The van der Waals surface area contributed by atoms with E-state index in [9.17, 15) is 0 Å². The number of benzene rings is 2. The van der Waals surface area contributed by atoms with Gasteiger partial charge in [-0.3, -0.25) is 0 Å². The highest BCUT2D eigenvalue weighted by Crippen LogP contribution is 2.15. The molecule has 2 N–H and O–H groups in total. The molecule has 1 nitrogen and oxygen atoms in total. The van der Waals surface area contributed by atoms with E-state index in [-0.39, 0.29) is 0 Å². The van der Waals surface area contributed by atoms with Crippen LogP contribution in [0.3, 0.4) is 0 Å². The molecule has 0 spiro atoms. The van der Waals surface area contributed by atoms with Gasteiger partial charge in [0.25, 0.3) is 0 Å². The monoisotopic (exact) mass is 245 g/mol. The summed E-state index contributed by atoms with van der Waals surface area (Å²) in [7, 11) is 0. The molecule has 88 valence electrons. The van der Waals surface area contributed by atoms with Crippen LogP contribution in [0.4, 0.5) is 5.69 Å². The summed E-state index contributed by atoms with van der Waals surface area (Å²) in [5.74, 6) is 0. The van der Waals surface area contributed by atoms with Gasteiger partial charge in [-0.25, -0.2) is 0 Å². The van der Waals surface area contributed by atoms with Gasteiger partial charge in [0.05, 0.1) is 0 Å². The molecular weight excluding hydrogens is 230 g/mol. The van der Waals surface area contributed by atoms with E-state index in [0.29, 0.717) is 0 Å². The first-order valence-corrected chi connectivity index (χ1v) is 6.21. The Kier molecular flexibility index (Phi) is 4.05. The van der Waals surface area contributed by atoms with Crippen LogP contribution in [0.1, 0.15) is 17.5 Å². The molecular formula is C15H16ClN. The lowest BCUT2D eigenvalue weighted by atomic mass is 10.0. The van der Waals surface area contributed by atoms with Gasteiger partial charge in [-0.05, 0) is 48.6 Å². The summed E-state index contributed by atoms with van der Waals surface area (Å²) in [5, 5.41) is 0.793. The van der Waals surface area contributed by atoms with Gasteiger partial charge in [-0.2, -0.15) is 0 Å². The molecule has 0 radical (unpaired) electrons. The van der Waals surface area contributed by atoms with Crippen molar-refractivity contribution in [3.8, 4) is 0 Å². The van der Waals surface area contributed by atoms with Gasteiger partial charge < -0.3 is 5.73 Å². The predicted molar refractivity (Wildman–Crippen MR) is 74.3 cm³/mol. The molecule has 0 amide bonds. The zero-order chi connectivity index (χ0) is 12.1. The molecule has 0 saturated carbocycles. The van der Waals surface area contributed by atoms with E-state index in [4.69, 9.17) is 17.3 Å². The van der Waals surface area contributed by atoms with Gasteiger partial charge in [0.1, 0.15) is 0 Å². The SMILES string of the molecule is Nc1ccccc1CCCc1ccc(Cl)cc1. The minimum absolute atomic E-state index is 0.793. The number of halogens is 1. The molecule has 17 heavy (non-hydrogen) atoms. The van der Waals surface area contributed by atoms with Crippen molar-refractivity contribution in [2.24, 2.45) is 0 Å². The first-order valence-electron chi connectivity index (χ1n) is 5.83. The fourth-order valence-corrected chi connectivity index (χ4v) is 2.02. The van der Waals surface area contributed by atoms with Gasteiger partial charge in [-0.1, -0.05) is 41.9 Å². The van der Waals surface area contributed by atoms with E-state index in [1.807, 2.05) is 30.3 Å². The van der Waals surface area contributed by atoms with Gasteiger partial charge in [0.2, 0.25) is 0 Å². The number of nitrogen functional groups attached to an aromatic ring is 1. The number of hydrogen-bond donors (Lipinski definition) is 1. The number of rotatable bonds is 4. The molecule has 0 aromatic heterocycles. The van der Waals surface area contributed by atoms with Crippen LogP contribution in [0.5, 0.6) is 0 Å². The second kappa shape index (κ2) is 5.74. The average molecular weight is 246 g/mol. The normalized spacial score (nSPS) is 10.4. The van der Waals surface area contributed by atoms with Crippen molar-refractivity contribution in [2.75, 3.05) is 5.73 Å². The first kappa shape index (κ1) is 12.0. The van der Waals surface area contributed by atoms with E-state index < -0.39 is 0 Å². The van der Waals surface area contributed by atoms with Crippen molar-refractivity contribution < 1.29 is 0 Å². The maximum atomic E-state index is 5.90. The summed E-state index contributed by atoms with van der Waals surface area (Å²) < 4.78 is 0. The van der Waals surface area contributed by atoms with Crippen molar-refractivity contribution in [2.45, 2.75) is 19.3 Å². The van der Waals surface area contributed by atoms with E-state index in [0.717, 1.165) is 30.0 Å². The molecule has 0 heterocycles. The Labute approximate surface area is 107 Å². The third kappa shape index (κ3) is 3.50. The number of anilines is 1. The highest BCUT2D eigenvalue weighted by Gasteiger charge is 1.98. The van der Waals surface area contributed by atoms with Crippen LogP contribution >= 0.6 is 11.6 Å². The van der Waals surface area contributed by atoms with Crippen LogP contribution < -0.4 is 5.73 Å². The van der Waals surface area contributed by atoms with Gasteiger partial charge in [0, 0.05) is 10.7 Å².